The molecule has 0 spiro atoms. The zero-order chi connectivity index (χ0) is 18.4. The average Bonchev–Trinajstić information content (AvgIpc) is 3.13. The molecule has 7 nitrogen and oxygen atoms in total. The van der Waals surface area contributed by atoms with E-state index < -0.39 is 15.9 Å². The molecule has 1 heterocycles. The Balaban J connectivity index is 1.93. The first-order chi connectivity index (χ1) is 11.8. The van der Waals surface area contributed by atoms with Crippen LogP contribution < -0.4 is 10.6 Å². The second-order valence-electron chi connectivity index (χ2n) is 6.52. The topological polar surface area (TPSA) is 95.6 Å². The van der Waals surface area contributed by atoms with Crippen molar-refractivity contribution in [3.8, 4) is 0 Å². The molecule has 0 aliphatic carbocycles. The largest absolute Gasteiger partial charge is 0.354 e. The highest BCUT2D eigenvalue weighted by Gasteiger charge is 2.27. The van der Waals surface area contributed by atoms with E-state index in [1.807, 2.05) is 13.8 Å². The maximum Gasteiger partial charge on any atom is 0.251 e. The monoisotopic (exact) mass is 367 g/mol. The number of nitrogens with one attached hydrogen (secondary N) is 2. The molecule has 8 heteroatoms. The van der Waals surface area contributed by atoms with Crippen molar-refractivity contribution in [3.05, 3.63) is 29.8 Å². The number of benzene rings is 1. The van der Waals surface area contributed by atoms with Gasteiger partial charge in [-0.2, -0.15) is 4.31 Å². The van der Waals surface area contributed by atoms with Gasteiger partial charge in [0.1, 0.15) is 0 Å². The van der Waals surface area contributed by atoms with Crippen molar-refractivity contribution in [2.24, 2.45) is 5.92 Å². The number of nitrogens with zero attached hydrogens (tertiary/aromatic N) is 1. The Morgan fingerprint density at radius 2 is 1.68 bits per heavy atom. The number of sulfonamides is 1. The molecule has 1 fully saturated rings. The van der Waals surface area contributed by atoms with E-state index in [1.165, 1.54) is 28.6 Å². The van der Waals surface area contributed by atoms with E-state index in [0.29, 0.717) is 31.1 Å². The third-order valence-electron chi connectivity index (χ3n) is 3.94. The second-order valence-corrected chi connectivity index (χ2v) is 8.45. The van der Waals surface area contributed by atoms with Gasteiger partial charge in [0.2, 0.25) is 15.9 Å². The second kappa shape index (κ2) is 8.44. The standard InChI is InChI=1S/C17H25N3O4S/c1-13(2)11-18-16(21)12-19-17(22)14-5-7-15(8-6-14)25(23,24)20-9-3-4-10-20/h5-8,13H,3-4,9-12H2,1-2H3,(H,18,21)(H,19,22). The molecule has 1 saturated heterocycles. The van der Waals surface area contributed by atoms with E-state index in [9.17, 15) is 18.0 Å². The fourth-order valence-corrected chi connectivity index (χ4v) is 4.02. The van der Waals surface area contributed by atoms with Crippen LogP contribution >= 0.6 is 0 Å². The van der Waals surface area contributed by atoms with Crippen LogP contribution in [0.2, 0.25) is 0 Å². The zero-order valence-electron chi connectivity index (χ0n) is 14.6. The van der Waals surface area contributed by atoms with Crippen LogP contribution in [0.5, 0.6) is 0 Å². The molecule has 0 aromatic heterocycles. The van der Waals surface area contributed by atoms with Gasteiger partial charge in [-0.3, -0.25) is 9.59 Å². The minimum absolute atomic E-state index is 0.112. The van der Waals surface area contributed by atoms with Crippen molar-refractivity contribution in [1.29, 1.82) is 0 Å². The summed E-state index contributed by atoms with van der Waals surface area (Å²) < 4.78 is 26.3. The first kappa shape index (κ1) is 19.4. The molecule has 0 saturated carbocycles. The number of carbonyl (C=O) groups is 2. The van der Waals surface area contributed by atoms with Gasteiger partial charge in [0.25, 0.3) is 5.91 Å². The number of hydrogen-bond acceptors (Lipinski definition) is 4. The molecule has 138 valence electrons. The van der Waals surface area contributed by atoms with Crippen molar-refractivity contribution < 1.29 is 18.0 Å². The van der Waals surface area contributed by atoms with E-state index in [-0.39, 0.29) is 17.3 Å². The van der Waals surface area contributed by atoms with E-state index in [2.05, 4.69) is 10.6 Å². The van der Waals surface area contributed by atoms with Gasteiger partial charge in [0.05, 0.1) is 11.4 Å². The summed E-state index contributed by atoms with van der Waals surface area (Å²) in [7, 11) is -3.48. The summed E-state index contributed by atoms with van der Waals surface area (Å²) in [6.45, 7) is 5.48. The van der Waals surface area contributed by atoms with E-state index in [4.69, 9.17) is 0 Å². The summed E-state index contributed by atoms with van der Waals surface area (Å²) in [5.74, 6) is -0.329. The predicted octanol–water partition coefficient (Wildman–Crippen LogP) is 0.973. The summed E-state index contributed by atoms with van der Waals surface area (Å²) in [5.41, 5.74) is 0.317. The molecule has 2 rings (SSSR count). The normalized spacial score (nSPS) is 15.3. The Kier molecular flexibility index (Phi) is 6.55. The van der Waals surface area contributed by atoms with Crippen LogP contribution in [-0.2, 0) is 14.8 Å². The van der Waals surface area contributed by atoms with Gasteiger partial charge in [0, 0.05) is 25.2 Å². The Bertz CT molecular complexity index is 708. The number of hydrogen-bond donors (Lipinski definition) is 2. The Hall–Kier alpha value is -1.93. The first-order valence-corrected chi connectivity index (χ1v) is 9.90. The van der Waals surface area contributed by atoms with Crippen LogP contribution in [0.3, 0.4) is 0 Å². The molecule has 0 atom stereocenters. The molecule has 1 aromatic rings. The number of rotatable bonds is 7. The highest BCUT2D eigenvalue weighted by molar-refractivity contribution is 7.89. The van der Waals surface area contributed by atoms with Crippen molar-refractivity contribution in [1.82, 2.24) is 14.9 Å². The molecular weight excluding hydrogens is 342 g/mol. The molecular formula is C17H25N3O4S. The van der Waals surface area contributed by atoms with Crippen molar-refractivity contribution in [2.45, 2.75) is 31.6 Å². The molecule has 0 radical (unpaired) electrons. The first-order valence-electron chi connectivity index (χ1n) is 8.46. The van der Waals surface area contributed by atoms with E-state index in [1.54, 1.807) is 0 Å². The molecule has 25 heavy (non-hydrogen) atoms. The highest BCUT2D eigenvalue weighted by Crippen LogP contribution is 2.21. The molecule has 2 N–H and O–H groups in total. The summed E-state index contributed by atoms with van der Waals surface area (Å²) in [6, 6.07) is 5.79. The van der Waals surface area contributed by atoms with Crippen LogP contribution in [-0.4, -0.2) is 50.7 Å². The van der Waals surface area contributed by atoms with E-state index in [0.717, 1.165) is 12.8 Å². The Morgan fingerprint density at radius 1 is 1.08 bits per heavy atom. The summed E-state index contributed by atoms with van der Waals surface area (Å²) >= 11 is 0. The van der Waals surface area contributed by atoms with Crippen molar-refractivity contribution in [2.75, 3.05) is 26.2 Å². The Morgan fingerprint density at radius 3 is 2.24 bits per heavy atom. The van der Waals surface area contributed by atoms with Gasteiger partial charge in [0.15, 0.2) is 0 Å². The zero-order valence-corrected chi connectivity index (χ0v) is 15.4. The maximum atomic E-state index is 12.4. The molecule has 2 amide bonds. The molecule has 0 unspecified atom stereocenters. The lowest BCUT2D eigenvalue weighted by Crippen LogP contribution is -2.38. The highest BCUT2D eigenvalue weighted by atomic mass is 32.2. The Labute approximate surface area is 148 Å². The average molecular weight is 367 g/mol. The van der Waals surface area contributed by atoms with Crippen LogP contribution in [0, 0.1) is 5.92 Å². The third-order valence-corrected chi connectivity index (χ3v) is 5.85. The van der Waals surface area contributed by atoms with Gasteiger partial charge in [-0.05, 0) is 43.0 Å². The van der Waals surface area contributed by atoms with Crippen LogP contribution in [0.15, 0.2) is 29.2 Å². The fraction of sp³-hybridized carbons (Fsp3) is 0.529. The van der Waals surface area contributed by atoms with Crippen molar-refractivity contribution in [3.63, 3.8) is 0 Å². The molecule has 0 bridgehead atoms. The van der Waals surface area contributed by atoms with Crippen molar-refractivity contribution >= 4 is 21.8 Å². The summed E-state index contributed by atoms with van der Waals surface area (Å²) in [4.78, 5) is 23.8. The molecule has 1 aliphatic heterocycles. The van der Waals surface area contributed by atoms with Crippen LogP contribution in [0.4, 0.5) is 0 Å². The van der Waals surface area contributed by atoms with Crippen LogP contribution in [0.1, 0.15) is 37.0 Å². The van der Waals surface area contributed by atoms with Gasteiger partial charge in [-0.25, -0.2) is 8.42 Å². The SMILES string of the molecule is CC(C)CNC(=O)CNC(=O)c1ccc(S(=O)(=O)N2CCCC2)cc1. The number of carbonyl (C=O) groups excluding carboxylic acids is 2. The van der Waals surface area contributed by atoms with Gasteiger partial charge < -0.3 is 10.6 Å². The minimum atomic E-state index is -3.48. The lowest BCUT2D eigenvalue weighted by molar-refractivity contribution is -0.120. The fourth-order valence-electron chi connectivity index (χ4n) is 2.50. The predicted molar refractivity (Wildman–Crippen MR) is 94.6 cm³/mol. The maximum absolute atomic E-state index is 12.4. The third kappa shape index (κ3) is 5.27. The smallest absolute Gasteiger partial charge is 0.251 e. The molecule has 1 aliphatic rings. The summed E-state index contributed by atoms with van der Waals surface area (Å²) in [5, 5.41) is 5.24. The lowest BCUT2D eigenvalue weighted by atomic mass is 10.2. The number of amides is 2. The summed E-state index contributed by atoms with van der Waals surface area (Å²) in [6.07, 6.45) is 1.75. The lowest BCUT2D eigenvalue weighted by Gasteiger charge is -2.15. The van der Waals surface area contributed by atoms with Crippen LogP contribution in [0.25, 0.3) is 0 Å². The van der Waals surface area contributed by atoms with Gasteiger partial charge in [-0.1, -0.05) is 13.8 Å². The minimum Gasteiger partial charge on any atom is -0.354 e. The van der Waals surface area contributed by atoms with E-state index >= 15 is 0 Å². The molecule has 1 aromatic carbocycles. The van der Waals surface area contributed by atoms with Gasteiger partial charge >= 0.3 is 0 Å². The van der Waals surface area contributed by atoms with Gasteiger partial charge in [-0.15, -0.1) is 0 Å². The quantitative estimate of drug-likeness (QED) is 0.751.